The molecule has 0 bridgehead atoms. The van der Waals surface area contributed by atoms with Crippen molar-refractivity contribution in [2.75, 3.05) is 0 Å². The molecule has 0 saturated heterocycles. The minimum atomic E-state index is -0.230. The second kappa shape index (κ2) is 11.9. The summed E-state index contributed by atoms with van der Waals surface area (Å²) < 4.78 is 6.14. The van der Waals surface area contributed by atoms with Gasteiger partial charge in [0.15, 0.2) is 0 Å². The zero-order valence-electron chi connectivity index (χ0n) is 21.5. The predicted molar refractivity (Wildman–Crippen MR) is 138 cm³/mol. The van der Waals surface area contributed by atoms with Gasteiger partial charge < -0.3 is 4.74 Å². The first kappa shape index (κ1) is 24.8. The van der Waals surface area contributed by atoms with E-state index >= 15 is 0 Å². The summed E-state index contributed by atoms with van der Waals surface area (Å²) in [6.07, 6.45) is 21.5. The van der Waals surface area contributed by atoms with Crippen LogP contribution in [0.3, 0.4) is 0 Å². The van der Waals surface area contributed by atoms with Crippen molar-refractivity contribution < 1.29 is 9.53 Å². The molecule has 0 amide bonds. The fraction of sp³-hybridized carbons (Fsp3) is 0.774. The summed E-state index contributed by atoms with van der Waals surface area (Å²) >= 11 is 0. The highest BCUT2D eigenvalue weighted by molar-refractivity contribution is 5.79. The molecule has 1 aromatic rings. The van der Waals surface area contributed by atoms with Crippen molar-refractivity contribution in [1.29, 1.82) is 0 Å². The van der Waals surface area contributed by atoms with Crippen molar-refractivity contribution in [1.82, 2.24) is 0 Å². The smallest absolute Gasteiger partial charge is 0.317 e. The molecule has 3 aliphatic carbocycles. The quantitative estimate of drug-likeness (QED) is 0.290. The highest BCUT2D eigenvalue weighted by atomic mass is 16.5. The van der Waals surface area contributed by atoms with Gasteiger partial charge >= 0.3 is 5.97 Å². The molecule has 3 fully saturated rings. The normalized spacial score (nSPS) is 30.0. The average Bonchev–Trinajstić information content (AvgIpc) is 2.86. The SMILES string of the molecule is CCCC1CCC(c2ccc(OC(=O)C3(C4CCC(CCC)CC4)CCCCC3)cc2)CC1. The first-order chi connectivity index (χ1) is 16.1. The Balaban J connectivity index is 1.37. The Labute approximate surface area is 203 Å². The highest BCUT2D eigenvalue weighted by Crippen LogP contribution is 2.50. The van der Waals surface area contributed by atoms with Crippen LogP contribution in [0.25, 0.3) is 0 Å². The van der Waals surface area contributed by atoms with Crippen LogP contribution in [0.4, 0.5) is 0 Å². The van der Waals surface area contributed by atoms with Gasteiger partial charge in [0.2, 0.25) is 0 Å². The number of hydrogen-bond donors (Lipinski definition) is 0. The molecule has 0 atom stereocenters. The van der Waals surface area contributed by atoms with E-state index in [0.29, 0.717) is 11.8 Å². The molecule has 33 heavy (non-hydrogen) atoms. The van der Waals surface area contributed by atoms with Crippen LogP contribution in [-0.2, 0) is 4.79 Å². The van der Waals surface area contributed by atoms with E-state index in [-0.39, 0.29) is 11.4 Å². The van der Waals surface area contributed by atoms with E-state index < -0.39 is 0 Å². The lowest BCUT2D eigenvalue weighted by Crippen LogP contribution is -2.44. The summed E-state index contributed by atoms with van der Waals surface area (Å²) in [7, 11) is 0. The first-order valence-electron chi connectivity index (χ1n) is 14.5. The number of esters is 1. The maximum Gasteiger partial charge on any atom is 0.317 e. The molecule has 0 aliphatic heterocycles. The van der Waals surface area contributed by atoms with Gasteiger partial charge in [0, 0.05) is 0 Å². The van der Waals surface area contributed by atoms with Gasteiger partial charge in [-0.3, -0.25) is 4.79 Å². The fourth-order valence-corrected chi connectivity index (χ4v) is 7.58. The van der Waals surface area contributed by atoms with Gasteiger partial charge in [-0.15, -0.1) is 0 Å². The Morgan fingerprint density at radius 1 is 0.788 bits per heavy atom. The summed E-state index contributed by atoms with van der Waals surface area (Å²) in [6.45, 7) is 4.61. The summed E-state index contributed by atoms with van der Waals surface area (Å²) in [5, 5.41) is 0. The molecule has 3 aliphatic rings. The van der Waals surface area contributed by atoms with E-state index in [2.05, 4.69) is 38.1 Å². The summed E-state index contributed by atoms with van der Waals surface area (Å²) in [6, 6.07) is 8.61. The van der Waals surface area contributed by atoms with Crippen LogP contribution in [0.1, 0.15) is 134 Å². The Hall–Kier alpha value is -1.31. The van der Waals surface area contributed by atoms with Crippen LogP contribution in [0, 0.1) is 23.2 Å². The number of rotatable bonds is 8. The summed E-state index contributed by atoms with van der Waals surface area (Å²) in [5.74, 6) is 3.87. The lowest BCUT2D eigenvalue weighted by atomic mass is 9.60. The van der Waals surface area contributed by atoms with Crippen LogP contribution in [0.15, 0.2) is 24.3 Å². The maximum atomic E-state index is 13.7. The molecular formula is C31H48O2. The summed E-state index contributed by atoms with van der Waals surface area (Å²) in [4.78, 5) is 13.7. The number of carbonyl (C=O) groups is 1. The van der Waals surface area contributed by atoms with Gasteiger partial charge in [0.1, 0.15) is 5.75 Å². The van der Waals surface area contributed by atoms with Crippen LogP contribution in [0.2, 0.25) is 0 Å². The number of hydrogen-bond acceptors (Lipinski definition) is 2. The van der Waals surface area contributed by atoms with Gasteiger partial charge in [0.05, 0.1) is 5.41 Å². The van der Waals surface area contributed by atoms with Crippen molar-refractivity contribution in [2.45, 2.75) is 129 Å². The zero-order chi connectivity index (χ0) is 23.1. The lowest BCUT2D eigenvalue weighted by molar-refractivity contribution is -0.153. The molecule has 184 valence electrons. The third-order valence-corrected chi connectivity index (χ3v) is 9.58. The third kappa shape index (κ3) is 6.04. The second-order valence-corrected chi connectivity index (χ2v) is 11.7. The molecule has 2 heteroatoms. The molecule has 0 heterocycles. The van der Waals surface area contributed by atoms with Crippen molar-refractivity contribution >= 4 is 5.97 Å². The largest absolute Gasteiger partial charge is 0.426 e. The van der Waals surface area contributed by atoms with Crippen LogP contribution < -0.4 is 4.74 Å². The number of carbonyl (C=O) groups excluding carboxylic acids is 1. The molecule has 0 aromatic heterocycles. The van der Waals surface area contributed by atoms with E-state index in [4.69, 9.17) is 4.74 Å². The van der Waals surface area contributed by atoms with Crippen molar-refractivity contribution in [3.8, 4) is 5.75 Å². The molecular weight excluding hydrogens is 404 g/mol. The predicted octanol–water partition coefficient (Wildman–Crippen LogP) is 9.22. The van der Waals surface area contributed by atoms with E-state index in [1.165, 1.54) is 102 Å². The molecule has 0 spiro atoms. The van der Waals surface area contributed by atoms with Crippen LogP contribution in [-0.4, -0.2) is 5.97 Å². The highest BCUT2D eigenvalue weighted by Gasteiger charge is 2.48. The van der Waals surface area contributed by atoms with Gasteiger partial charge in [-0.2, -0.15) is 0 Å². The Bertz CT molecular complexity index is 714. The molecule has 3 saturated carbocycles. The monoisotopic (exact) mass is 452 g/mol. The Morgan fingerprint density at radius 2 is 1.33 bits per heavy atom. The van der Waals surface area contributed by atoms with Crippen LogP contribution in [0.5, 0.6) is 5.75 Å². The number of ether oxygens (including phenoxy) is 1. The molecule has 4 rings (SSSR count). The topological polar surface area (TPSA) is 26.3 Å². The van der Waals surface area contributed by atoms with E-state index in [9.17, 15) is 4.79 Å². The molecule has 0 N–H and O–H groups in total. The average molecular weight is 453 g/mol. The van der Waals surface area contributed by atoms with Crippen LogP contribution >= 0.6 is 0 Å². The van der Waals surface area contributed by atoms with Gasteiger partial charge in [-0.25, -0.2) is 0 Å². The number of benzene rings is 1. The van der Waals surface area contributed by atoms with E-state index in [0.717, 1.165) is 30.4 Å². The molecule has 0 radical (unpaired) electrons. The van der Waals surface area contributed by atoms with Crippen molar-refractivity contribution in [3.05, 3.63) is 29.8 Å². The fourth-order valence-electron chi connectivity index (χ4n) is 7.58. The first-order valence-corrected chi connectivity index (χ1v) is 14.5. The maximum absolute atomic E-state index is 13.7. The molecule has 2 nitrogen and oxygen atoms in total. The minimum Gasteiger partial charge on any atom is -0.426 e. The Morgan fingerprint density at radius 3 is 1.88 bits per heavy atom. The van der Waals surface area contributed by atoms with Crippen molar-refractivity contribution in [2.24, 2.45) is 23.2 Å². The van der Waals surface area contributed by atoms with E-state index in [1.54, 1.807) is 0 Å². The lowest BCUT2D eigenvalue weighted by Gasteiger charge is -2.44. The van der Waals surface area contributed by atoms with Gasteiger partial charge in [-0.05, 0) is 92.7 Å². The second-order valence-electron chi connectivity index (χ2n) is 11.7. The van der Waals surface area contributed by atoms with Gasteiger partial charge in [0.25, 0.3) is 0 Å². The van der Waals surface area contributed by atoms with Crippen molar-refractivity contribution in [3.63, 3.8) is 0 Å². The third-order valence-electron chi connectivity index (χ3n) is 9.58. The standard InChI is InChI=1S/C31H48O2/c1-3-8-24-10-14-26(15-11-24)27-16-20-29(21-17-27)33-30(32)31(22-6-5-7-23-31)28-18-12-25(9-4-2)13-19-28/h16-17,20-21,24-26,28H,3-15,18-19,22-23H2,1-2H3. The molecule has 1 aromatic carbocycles. The minimum absolute atomic E-state index is 0.0777. The molecule has 0 unspecified atom stereocenters. The summed E-state index contributed by atoms with van der Waals surface area (Å²) in [5.41, 5.74) is 1.21. The van der Waals surface area contributed by atoms with Gasteiger partial charge in [-0.1, -0.05) is 83.8 Å². The van der Waals surface area contributed by atoms with E-state index in [1.807, 2.05) is 0 Å². The zero-order valence-corrected chi connectivity index (χ0v) is 21.5. The Kier molecular flexibility index (Phi) is 8.94.